The van der Waals surface area contributed by atoms with Gasteiger partial charge in [0.25, 0.3) is 0 Å². The third-order valence-electron chi connectivity index (χ3n) is 2.99. The van der Waals surface area contributed by atoms with Gasteiger partial charge in [-0.05, 0) is 24.0 Å². The number of hydrogen-bond donors (Lipinski definition) is 1. The third kappa shape index (κ3) is 3.97. The van der Waals surface area contributed by atoms with Crippen molar-refractivity contribution >= 4 is 17.5 Å². The van der Waals surface area contributed by atoms with Crippen molar-refractivity contribution in [1.82, 2.24) is 5.32 Å². The van der Waals surface area contributed by atoms with Crippen LogP contribution in [-0.2, 0) is 4.79 Å². The van der Waals surface area contributed by atoms with E-state index in [0.717, 1.165) is 5.56 Å². The molecule has 1 N–H and O–H groups in total. The van der Waals surface area contributed by atoms with Crippen LogP contribution < -0.4 is 5.32 Å². The van der Waals surface area contributed by atoms with Gasteiger partial charge < -0.3 is 5.32 Å². The zero-order valence-electron chi connectivity index (χ0n) is 11.7. The predicted octanol–water partition coefficient (Wildman–Crippen LogP) is 3.70. The Bertz CT molecular complexity index is 500. The first-order valence-corrected chi connectivity index (χ1v) is 6.59. The molecule has 1 rings (SSSR count). The number of halogens is 1. The zero-order chi connectivity index (χ0) is 14.6. The molecule has 0 aliphatic heterocycles. The molecule has 0 saturated carbocycles. The average Bonchev–Trinajstić information content (AvgIpc) is 2.28. The lowest BCUT2D eigenvalue weighted by atomic mass is 9.81. The molecule has 0 aliphatic carbocycles. The van der Waals surface area contributed by atoms with E-state index in [4.69, 9.17) is 16.9 Å². The maximum atomic E-state index is 12.1. The summed E-state index contributed by atoms with van der Waals surface area (Å²) >= 11 is 6.09. The van der Waals surface area contributed by atoms with Crippen LogP contribution in [0.5, 0.6) is 0 Å². The first-order chi connectivity index (χ1) is 8.77. The summed E-state index contributed by atoms with van der Waals surface area (Å²) in [7, 11) is 0. The van der Waals surface area contributed by atoms with Gasteiger partial charge in [0.05, 0.1) is 12.1 Å². The van der Waals surface area contributed by atoms with Crippen molar-refractivity contribution in [2.45, 2.75) is 33.7 Å². The summed E-state index contributed by atoms with van der Waals surface area (Å²) in [5.41, 5.74) is 0.460. The van der Waals surface area contributed by atoms with E-state index in [9.17, 15) is 4.79 Å². The van der Waals surface area contributed by atoms with E-state index in [1.165, 1.54) is 0 Å². The molecule has 19 heavy (non-hydrogen) atoms. The molecule has 102 valence electrons. The molecule has 0 fully saturated rings. The molecule has 1 amide bonds. The van der Waals surface area contributed by atoms with Crippen molar-refractivity contribution in [2.75, 3.05) is 0 Å². The fourth-order valence-corrected chi connectivity index (χ4v) is 2.15. The van der Waals surface area contributed by atoms with Crippen molar-refractivity contribution in [3.8, 4) is 6.07 Å². The number of carbonyl (C=O) groups is 1. The maximum Gasteiger partial charge on any atom is 0.238 e. The van der Waals surface area contributed by atoms with Crippen LogP contribution in [0.4, 0.5) is 0 Å². The van der Waals surface area contributed by atoms with Gasteiger partial charge in [-0.3, -0.25) is 4.79 Å². The monoisotopic (exact) mass is 278 g/mol. The number of hydrogen-bond acceptors (Lipinski definition) is 2. The molecule has 0 spiro atoms. The van der Waals surface area contributed by atoms with Crippen LogP contribution in [0, 0.1) is 22.7 Å². The van der Waals surface area contributed by atoms with Gasteiger partial charge in [0.15, 0.2) is 0 Å². The smallest absolute Gasteiger partial charge is 0.238 e. The highest BCUT2D eigenvalue weighted by molar-refractivity contribution is 6.31. The lowest BCUT2D eigenvalue weighted by Gasteiger charge is -2.25. The van der Waals surface area contributed by atoms with Crippen LogP contribution >= 0.6 is 11.6 Å². The number of carbonyl (C=O) groups excluding carboxylic acids is 1. The molecule has 0 heterocycles. The number of nitrogens with one attached hydrogen (secondary N) is 1. The van der Waals surface area contributed by atoms with Crippen LogP contribution in [0.1, 0.15) is 39.3 Å². The Kier molecular flexibility index (Phi) is 4.97. The fraction of sp³-hybridized carbons (Fsp3) is 0.467. The van der Waals surface area contributed by atoms with Gasteiger partial charge in [0.2, 0.25) is 5.91 Å². The standard InChI is InChI=1S/C15H19ClN2O/c1-10(11-7-5-6-8-13(11)16)18-14(19)12(9-17)15(2,3)4/h5-8,10,12H,1-4H3,(H,18,19). The lowest BCUT2D eigenvalue weighted by Crippen LogP contribution is -2.38. The molecule has 0 aromatic heterocycles. The zero-order valence-corrected chi connectivity index (χ0v) is 12.5. The van der Waals surface area contributed by atoms with E-state index in [-0.39, 0.29) is 17.4 Å². The van der Waals surface area contributed by atoms with E-state index >= 15 is 0 Å². The number of rotatable bonds is 3. The Morgan fingerprint density at radius 2 is 1.95 bits per heavy atom. The summed E-state index contributed by atoms with van der Waals surface area (Å²) in [4.78, 5) is 12.1. The SMILES string of the molecule is CC(NC(=O)C(C#N)C(C)(C)C)c1ccccc1Cl. The van der Waals surface area contributed by atoms with Gasteiger partial charge in [0.1, 0.15) is 5.92 Å². The molecule has 1 aromatic carbocycles. The Balaban J connectivity index is 2.83. The quantitative estimate of drug-likeness (QED) is 0.916. The molecular weight excluding hydrogens is 260 g/mol. The Labute approximate surface area is 119 Å². The van der Waals surface area contributed by atoms with Crippen molar-refractivity contribution < 1.29 is 4.79 Å². The van der Waals surface area contributed by atoms with E-state index in [2.05, 4.69) is 11.4 Å². The van der Waals surface area contributed by atoms with Crippen molar-refractivity contribution in [3.63, 3.8) is 0 Å². The van der Waals surface area contributed by atoms with Gasteiger partial charge in [-0.15, -0.1) is 0 Å². The van der Waals surface area contributed by atoms with Gasteiger partial charge in [-0.1, -0.05) is 50.6 Å². The van der Waals surface area contributed by atoms with E-state index in [1.54, 1.807) is 6.07 Å². The summed E-state index contributed by atoms with van der Waals surface area (Å²) in [6.45, 7) is 7.48. The number of benzene rings is 1. The summed E-state index contributed by atoms with van der Waals surface area (Å²) < 4.78 is 0. The minimum absolute atomic E-state index is 0.223. The van der Waals surface area contributed by atoms with Crippen molar-refractivity contribution in [3.05, 3.63) is 34.9 Å². The van der Waals surface area contributed by atoms with Crippen LogP contribution in [0.3, 0.4) is 0 Å². The van der Waals surface area contributed by atoms with Crippen LogP contribution in [0.15, 0.2) is 24.3 Å². The Morgan fingerprint density at radius 1 is 1.37 bits per heavy atom. The predicted molar refractivity (Wildman–Crippen MR) is 76.6 cm³/mol. The van der Waals surface area contributed by atoms with E-state index < -0.39 is 5.92 Å². The molecule has 2 unspecified atom stereocenters. The van der Waals surface area contributed by atoms with Gasteiger partial charge >= 0.3 is 0 Å². The van der Waals surface area contributed by atoms with Crippen molar-refractivity contribution in [2.24, 2.45) is 11.3 Å². The van der Waals surface area contributed by atoms with Crippen molar-refractivity contribution in [1.29, 1.82) is 5.26 Å². The van der Waals surface area contributed by atoms with Gasteiger partial charge in [0, 0.05) is 5.02 Å². The second kappa shape index (κ2) is 6.08. The molecule has 3 nitrogen and oxygen atoms in total. The Morgan fingerprint density at radius 3 is 2.42 bits per heavy atom. The molecular formula is C15H19ClN2O. The highest BCUT2D eigenvalue weighted by Gasteiger charge is 2.32. The first kappa shape index (κ1) is 15.5. The number of nitriles is 1. The molecule has 0 aliphatic rings. The minimum atomic E-state index is -0.683. The van der Waals surface area contributed by atoms with Gasteiger partial charge in [-0.25, -0.2) is 0 Å². The normalized spacial score (nSPS) is 14.3. The fourth-order valence-electron chi connectivity index (χ4n) is 1.85. The summed E-state index contributed by atoms with van der Waals surface area (Å²) in [5.74, 6) is -0.945. The topological polar surface area (TPSA) is 52.9 Å². The second-order valence-corrected chi connectivity index (χ2v) is 6.09. The average molecular weight is 279 g/mol. The van der Waals surface area contributed by atoms with E-state index in [1.807, 2.05) is 45.9 Å². The summed E-state index contributed by atoms with van der Waals surface area (Å²) in [6, 6.07) is 9.21. The molecule has 2 atom stereocenters. The lowest BCUT2D eigenvalue weighted by molar-refractivity contribution is -0.126. The first-order valence-electron chi connectivity index (χ1n) is 6.21. The molecule has 1 aromatic rings. The summed E-state index contributed by atoms with van der Waals surface area (Å²) in [5, 5.41) is 12.6. The summed E-state index contributed by atoms with van der Waals surface area (Å²) in [6.07, 6.45) is 0. The highest BCUT2D eigenvalue weighted by Crippen LogP contribution is 2.27. The van der Waals surface area contributed by atoms with Gasteiger partial charge in [-0.2, -0.15) is 5.26 Å². The number of amides is 1. The molecule has 4 heteroatoms. The maximum absolute atomic E-state index is 12.1. The van der Waals surface area contributed by atoms with Crippen LogP contribution in [-0.4, -0.2) is 5.91 Å². The Hall–Kier alpha value is -1.53. The number of nitrogens with zero attached hydrogens (tertiary/aromatic N) is 1. The molecule has 0 bridgehead atoms. The highest BCUT2D eigenvalue weighted by atomic mass is 35.5. The minimum Gasteiger partial charge on any atom is -0.348 e. The van der Waals surface area contributed by atoms with Crippen LogP contribution in [0.25, 0.3) is 0 Å². The van der Waals surface area contributed by atoms with E-state index in [0.29, 0.717) is 5.02 Å². The molecule has 0 radical (unpaired) electrons. The molecule has 0 saturated heterocycles. The largest absolute Gasteiger partial charge is 0.348 e. The second-order valence-electron chi connectivity index (χ2n) is 5.68. The van der Waals surface area contributed by atoms with Crippen LogP contribution in [0.2, 0.25) is 5.02 Å². The third-order valence-corrected chi connectivity index (χ3v) is 3.33.